The molecule has 2 aromatic rings. The molecule has 0 bridgehead atoms. The van der Waals surface area contributed by atoms with Crippen molar-refractivity contribution >= 4 is 33.4 Å². The van der Waals surface area contributed by atoms with Crippen LogP contribution >= 0.6 is 21.8 Å². The monoisotopic (exact) mass is 483 g/mol. The zero-order valence-corrected chi connectivity index (χ0v) is 18.3. The molecule has 1 saturated carbocycles. The maximum Gasteiger partial charge on any atom is 0.310 e. The van der Waals surface area contributed by atoms with E-state index >= 15 is 0 Å². The zero-order chi connectivity index (χ0) is 22.9. The first-order valence-electron chi connectivity index (χ1n) is 9.73. The van der Waals surface area contributed by atoms with Crippen molar-refractivity contribution in [2.24, 2.45) is 0 Å². The molecule has 0 spiro atoms. The summed E-state index contributed by atoms with van der Waals surface area (Å²) in [5, 5.41) is 2.46. The smallest absolute Gasteiger partial charge is 0.310 e. The van der Waals surface area contributed by atoms with Gasteiger partial charge in [-0.05, 0) is 37.1 Å². The van der Waals surface area contributed by atoms with Gasteiger partial charge in [-0.3, -0.25) is 9.78 Å². The number of hydrogen-bond acceptors (Lipinski definition) is 3. The molecule has 0 saturated heterocycles. The minimum Gasteiger partial charge on any atom is -0.358 e. The molecule has 1 aromatic heterocycles. The van der Waals surface area contributed by atoms with Crippen molar-refractivity contribution in [3.05, 3.63) is 53.3 Å². The number of hydrogen-bond donors (Lipinski definition) is 1. The lowest BCUT2D eigenvalue weighted by atomic mass is 9.95. The number of benzene rings is 1. The van der Waals surface area contributed by atoms with Crippen molar-refractivity contribution in [1.29, 1.82) is 0 Å². The first-order valence-corrected chi connectivity index (χ1v) is 12.1. The summed E-state index contributed by atoms with van der Waals surface area (Å²) in [5.41, 5.74) is 0.506. The largest absolute Gasteiger partial charge is 0.358 e. The van der Waals surface area contributed by atoms with E-state index in [0.717, 1.165) is 38.2 Å². The lowest BCUT2D eigenvalue weighted by molar-refractivity contribution is -0.123. The van der Waals surface area contributed by atoms with E-state index < -0.39 is 26.2 Å². The number of amides is 1. The van der Waals surface area contributed by atoms with Crippen molar-refractivity contribution in [2.75, 3.05) is 11.9 Å². The minimum absolute atomic E-state index is 0.000194. The Kier molecular flexibility index (Phi) is 5.94. The third-order valence-corrected chi connectivity index (χ3v) is 6.78. The number of halogens is 6. The molecule has 4 nitrogen and oxygen atoms in total. The highest BCUT2D eigenvalue weighted by molar-refractivity contribution is 8.45. The molecule has 1 heterocycles. The van der Waals surface area contributed by atoms with Gasteiger partial charge in [0.05, 0.1) is 10.7 Å². The summed E-state index contributed by atoms with van der Waals surface area (Å²) >= 11 is 5.98. The van der Waals surface area contributed by atoms with Crippen LogP contribution in [0.2, 0.25) is 5.02 Å². The summed E-state index contributed by atoms with van der Waals surface area (Å²) in [7, 11) is -8.40. The fourth-order valence-electron chi connectivity index (χ4n) is 3.77. The van der Waals surface area contributed by atoms with Gasteiger partial charge in [-0.25, -0.2) is 0 Å². The van der Waals surface area contributed by atoms with E-state index in [-0.39, 0.29) is 23.7 Å². The van der Waals surface area contributed by atoms with Crippen LogP contribution in [-0.4, -0.2) is 24.0 Å². The van der Waals surface area contributed by atoms with Gasteiger partial charge in [-0.2, -0.15) is 0 Å². The molecule has 0 aliphatic heterocycles. The van der Waals surface area contributed by atoms with Gasteiger partial charge in [0, 0.05) is 31.0 Å². The van der Waals surface area contributed by atoms with Gasteiger partial charge in [0.15, 0.2) is 0 Å². The van der Waals surface area contributed by atoms with Crippen LogP contribution in [0.5, 0.6) is 0 Å². The maximum atomic E-state index is 13.1. The number of aromatic nitrogens is 1. The van der Waals surface area contributed by atoms with Crippen LogP contribution in [-0.2, 0) is 4.79 Å². The van der Waals surface area contributed by atoms with Crippen LogP contribution in [0.3, 0.4) is 0 Å². The van der Waals surface area contributed by atoms with Crippen molar-refractivity contribution in [2.45, 2.75) is 49.1 Å². The van der Waals surface area contributed by atoms with Gasteiger partial charge in [0.1, 0.15) is 10.9 Å². The van der Waals surface area contributed by atoms with E-state index in [1.165, 1.54) is 24.3 Å². The fraction of sp³-hybridized carbons (Fsp3) is 0.400. The molecule has 0 radical (unpaired) electrons. The van der Waals surface area contributed by atoms with Crippen LogP contribution in [0.1, 0.15) is 43.7 Å². The Morgan fingerprint density at radius 2 is 1.84 bits per heavy atom. The summed E-state index contributed by atoms with van der Waals surface area (Å²) in [6.45, 7) is 0. The second kappa shape index (κ2) is 7.81. The standard InChI is InChI=1S/C20H23ClF5N3OS/c1-29(18-10-9-16(12-17(18)21)31(22,23,24,25)26)19(14-6-5-11-27-13-14)20(30)28-15-7-3-2-4-8-15/h5-6,9-13,15,19H,2-4,7-8H2,1H3,(H,28,30). The van der Waals surface area contributed by atoms with Crippen molar-refractivity contribution in [3.8, 4) is 0 Å². The van der Waals surface area contributed by atoms with Gasteiger partial charge >= 0.3 is 10.2 Å². The molecule has 172 valence electrons. The predicted molar refractivity (Wildman–Crippen MR) is 113 cm³/mol. The molecule has 1 unspecified atom stereocenters. The van der Waals surface area contributed by atoms with E-state index in [1.54, 1.807) is 12.1 Å². The van der Waals surface area contributed by atoms with Crippen molar-refractivity contribution < 1.29 is 24.2 Å². The average Bonchev–Trinajstić information content (AvgIpc) is 2.68. The van der Waals surface area contributed by atoms with E-state index in [0.29, 0.717) is 11.6 Å². The molecule has 1 fully saturated rings. The predicted octanol–water partition coefficient (Wildman–Crippen LogP) is 7.02. The molecular weight excluding hydrogens is 461 g/mol. The van der Waals surface area contributed by atoms with Gasteiger partial charge in [-0.1, -0.05) is 56.4 Å². The van der Waals surface area contributed by atoms with Gasteiger partial charge in [0.2, 0.25) is 5.91 Å². The summed E-state index contributed by atoms with van der Waals surface area (Å²) in [4.78, 5) is 16.5. The molecule has 3 rings (SSSR count). The van der Waals surface area contributed by atoms with Crippen molar-refractivity contribution in [3.63, 3.8) is 0 Å². The zero-order valence-electron chi connectivity index (χ0n) is 16.7. The Hall–Kier alpha value is -2.07. The normalized spacial score (nSPS) is 18.5. The number of nitrogens with one attached hydrogen (secondary N) is 1. The van der Waals surface area contributed by atoms with Gasteiger partial charge in [0.25, 0.3) is 0 Å². The number of likely N-dealkylation sites (N-methyl/N-ethyl adjacent to an activating group) is 1. The highest BCUT2D eigenvalue weighted by Crippen LogP contribution is 3.02. The molecule has 31 heavy (non-hydrogen) atoms. The molecule has 1 amide bonds. The lowest BCUT2D eigenvalue weighted by Gasteiger charge is -2.41. The molecule has 1 atom stereocenters. The summed E-state index contributed by atoms with van der Waals surface area (Å²) in [6.07, 6.45) is 7.78. The molecule has 1 aromatic carbocycles. The highest BCUT2D eigenvalue weighted by Gasteiger charge is 2.65. The Labute approximate surface area is 182 Å². The van der Waals surface area contributed by atoms with Crippen LogP contribution in [0.15, 0.2) is 47.6 Å². The fourth-order valence-corrected chi connectivity index (χ4v) is 4.81. The Morgan fingerprint density at radius 1 is 1.16 bits per heavy atom. The summed E-state index contributed by atoms with van der Waals surface area (Å²) in [5.74, 6) is -0.366. The van der Waals surface area contributed by atoms with Gasteiger partial charge < -0.3 is 10.2 Å². The first-order chi connectivity index (χ1) is 14.3. The quantitative estimate of drug-likeness (QED) is 0.449. The number of nitrogens with zero attached hydrogens (tertiary/aromatic N) is 2. The third-order valence-electron chi connectivity index (χ3n) is 5.33. The first kappa shape index (κ1) is 23.6. The number of rotatable bonds is 6. The van der Waals surface area contributed by atoms with E-state index in [2.05, 4.69) is 10.3 Å². The number of carbonyl (C=O) groups excluding carboxylic acids is 1. The van der Waals surface area contributed by atoms with Gasteiger partial charge in [-0.15, -0.1) is 0 Å². The van der Waals surface area contributed by atoms with E-state index in [4.69, 9.17) is 11.6 Å². The van der Waals surface area contributed by atoms with Crippen LogP contribution in [0.25, 0.3) is 0 Å². The van der Waals surface area contributed by atoms with Crippen LogP contribution in [0, 0.1) is 0 Å². The number of carbonyl (C=O) groups is 1. The van der Waals surface area contributed by atoms with Crippen molar-refractivity contribution in [1.82, 2.24) is 10.3 Å². The second-order valence-electron chi connectivity index (χ2n) is 7.73. The third kappa shape index (κ3) is 5.79. The Balaban J connectivity index is 1.95. The van der Waals surface area contributed by atoms with Crippen LogP contribution in [0.4, 0.5) is 25.1 Å². The molecule has 11 heteroatoms. The highest BCUT2D eigenvalue weighted by atomic mass is 35.5. The van der Waals surface area contributed by atoms with E-state index in [9.17, 15) is 24.2 Å². The number of pyridine rings is 1. The summed E-state index contributed by atoms with van der Waals surface area (Å²) < 4.78 is 65.6. The number of anilines is 1. The van der Waals surface area contributed by atoms with E-state index in [1.807, 2.05) is 0 Å². The lowest BCUT2D eigenvalue weighted by Crippen LogP contribution is -2.44. The second-order valence-corrected chi connectivity index (χ2v) is 10.5. The Bertz CT molecular complexity index is 953. The Morgan fingerprint density at radius 3 is 2.39 bits per heavy atom. The molecule has 1 aliphatic carbocycles. The molecular formula is C20H23ClF5N3OS. The minimum atomic E-state index is -9.87. The molecule has 1 N–H and O–H groups in total. The SMILES string of the molecule is CN(c1ccc(S(F)(F)(F)(F)F)cc1Cl)C(C(=O)NC1CCCCC1)c1cccnc1. The molecule has 1 aliphatic rings. The average molecular weight is 484 g/mol. The topological polar surface area (TPSA) is 45.2 Å². The maximum absolute atomic E-state index is 13.1. The van der Waals surface area contributed by atoms with Crippen LogP contribution < -0.4 is 10.2 Å². The summed E-state index contributed by atoms with van der Waals surface area (Å²) in [6, 6.07) is 3.67.